The van der Waals surface area contributed by atoms with Crippen LogP contribution in [0.1, 0.15) is 59.3 Å². The average Bonchev–Trinajstić information content (AvgIpc) is 2.82. The third kappa shape index (κ3) is 4.62. The van der Waals surface area contributed by atoms with E-state index in [0.29, 0.717) is 12.5 Å². The number of rotatable bonds is 3. The zero-order valence-corrected chi connectivity index (χ0v) is 14.0. The Balaban J connectivity index is 1.96. The summed E-state index contributed by atoms with van der Waals surface area (Å²) in [7, 11) is 0. The maximum Gasteiger partial charge on any atom is 0.410 e. The number of hydrogen-bond donors (Lipinski definition) is 1. The molecule has 1 saturated heterocycles. The third-order valence-corrected chi connectivity index (χ3v) is 4.77. The second-order valence-corrected chi connectivity index (χ2v) is 7.83. The SMILES string of the molecule is CC(C)(C)OC(=O)N1CC(CC2CCCCC2)C(C(=O)O)C1. The highest BCUT2D eigenvalue weighted by Gasteiger charge is 2.41. The number of hydrogen-bond acceptors (Lipinski definition) is 3. The molecule has 0 aromatic carbocycles. The van der Waals surface area contributed by atoms with E-state index in [0.717, 1.165) is 6.42 Å². The van der Waals surface area contributed by atoms with E-state index >= 15 is 0 Å². The van der Waals surface area contributed by atoms with Gasteiger partial charge in [0.15, 0.2) is 0 Å². The van der Waals surface area contributed by atoms with E-state index in [1.54, 1.807) is 4.90 Å². The molecule has 2 fully saturated rings. The minimum Gasteiger partial charge on any atom is -0.481 e. The molecule has 1 N–H and O–H groups in total. The van der Waals surface area contributed by atoms with Crippen LogP contribution in [-0.4, -0.2) is 40.8 Å². The molecule has 1 aliphatic carbocycles. The minimum absolute atomic E-state index is 0.0631. The van der Waals surface area contributed by atoms with Crippen LogP contribution >= 0.6 is 0 Å². The van der Waals surface area contributed by atoms with Crippen molar-refractivity contribution in [3.05, 3.63) is 0 Å². The predicted octanol–water partition coefficient (Wildman–Crippen LogP) is 3.52. The zero-order valence-electron chi connectivity index (χ0n) is 14.0. The highest BCUT2D eigenvalue weighted by molar-refractivity contribution is 5.74. The Kier molecular flexibility index (Phi) is 5.35. The lowest BCUT2D eigenvalue weighted by Crippen LogP contribution is -2.36. The van der Waals surface area contributed by atoms with Gasteiger partial charge in [0.2, 0.25) is 0 Å². The molecule has 0 radical (unpaired) electrons. The molecule has 2 rings (SSSR count). The highest BCUT2D eigenvalue weighted by Crippen LogP contribution is 2.35. The molecule has 2 aliphatic rings. The van der Waals surface area contributed by atoms with Gasteiger partial charge in [-0.3, -0.25) is 4.79 Å². The second-order valence-electron chi connectivity index (χ2n) is 7.83. The minimum atomic E-state index is -0.785. The van der Waals surface area contributed by atoms with Crippen molar-refractivity contribution in [1.82, 2.24) is 4.90 Å². The number of carboxylic acid groups (broad SMARTS) is 1. The molecule has 5 nitrogen and oxygen atoms in total. The molecular formula is C17H29NO4. The van der Waals surface area contributed by atoms with Gasteiger partial charge < -0.3 is 14.7 Å². The maximum atomic E-state index is 12.2. The van der Waals surface area contributed by atoms with Crippen molar-refractivity contribution in [1.29, 1.82) is 0 Å². The molecule has 1 saturated carbocycles. The Bertz CT molecular complexity index is 409. The number of amides is 1. The quantitative estimate of drug-likeness (QED) is 0.866. The molecule has 0 spiro atoms. The first-order valence-electron chi connectivity index (χ1n) is 8.47. The zero-order chi connectivity index (χ0) is 16.3. The van der Waals surface area contributed by atoms with Gasteiger partial charge in [-0.1, -0.05) is 32.1 Å². The van der Waals surface area contributed by atoms with E-state index < -0.39 is 17.5 Å². The van der Waals surface area contributed by atoms with E-state index in [1.165, 1.54) is 32.1 Å². The Morgan fingerprint density at radius 2 is 1.77 bits per heavy atom. The molecule has 1 amide bonds. The normalized spacial score (nSPS) is 27.0. The van der Waals surface area contributed by atoms with Gasteiger partial charge in [-0.25, -0.2) is 4.79 Å². The number of ether oxygens (including phenoxy) is 1. The van der Waals surface area contributed by atoms with Crippen LogP contribution in [0.15, 0.2) is 0 Å². The fourth-order valence-corrected chi connectivity index (χ4v) is 3.72. The molecule has 5 heteroatoms. The topological polar surface area (TPSA) is 66.8 Å². The molecule has 2 unspecified atom stereocenters. The van der Waals surface area contributed by atoms with Gasteiger partial charge in [-0.2, -0.15) is 0 Å². The first-order valence-corrected chi connectivity index (χ1v) is 8.47. The Hall–Kier alpha value is -1.26. The lowest BCUT2D eigenvalue weighted by molar-refractivity contribution is -0.142. The summed E-state index contributed by atoms with van der Waals surface area (Å²) in [6.45, 7) is 6.28. The van der Waals surface area contributed by atoms with Crippen molar-refractivity contribution < 1.29 is 19.4 Å². The van der Waals surface area contributed by atoms with Gasteiger partial charge in [-0.15, -0.1) is 0 Å². The van der Waals surface area contributed by atoms with Crippen LogP contribution in [-0.2, 0) is 9.53 Å². The van der Waals surface area contributed by atoms with Gasteiger partial charge in [-0.05, 0) is 39.0 Å². The number of carboxylic acids is 1. The van der Waals surface area contributed by atoms with Crippen molar-refractivity contribution in [3.63, 3.8) is 0 Å². The van der Waals surface area contributed by atoms with Crippen LogP contribution in [0.25, 0.3) is 0 Å². The predicted molar refractivity (Wildman–Crippen MR) is 83.6 cm³/mol. The largest absolute Gasteiger partial charge is 0.481 e. The van der Waals surface area contributed by atoms with Crippen LogP contribution in [0.5, 0.6) is 0 Å². The fraction of sp³-hybridized carbons (Fsp3) is 0.882. The van der Waals surface area contributed by atoms with Crippen LogP contribution in [0.2, 0.25) is 0 Å². The van der Waals surface area contributed by atoms with Gasteiger partial charge in [0.25, 0.3) is 0 Å². The number of nitrogens with zero attached hydrogens (tertiary/aromatic N) is 1. The average molecular weight is 311 g/mol. The molecule has 0 aromatic heterocycles. The maximum absolute atomic E-state index is 12.2. The van der Waals surface area contributed by atoms with Crippen molar-refractivity contribution in [2.45, 2.75) is 64.9 Å². The highest BCUT2D eigenvalue weighted by atomic mass is 16.6. The van der Waals surface area contributed by atoms with E-state index in [1.807, 2.05) is 20.8 Å². The molecular weight excluding hydrogens is 282 g/mol. The van der Waals surface area contributed by atoms with Gasteiger partial charge in [0.05, 0.1) is 5.92 Å². The summed E-state index contributed by atoms with van der Waals surface area (Å²) in [5.74, 6) is -0.548. The number of carbonyl (C=O) groups excluding carboxylic acids is 1. The summed E-state index contributed by atoms with van der Waals surface area (Å²) in [5.41, 5.74) is -0.544. The molecule has 0 aromatic rings. The molecule has 126 valence electrons. The van der Waals surface area contributed by atoms with Gasteiger partial charge in [0.1, 0.15) is 5.60 Å². The van der Waals surface area contributed by atoms with Crippen molar-refractivity contribution in [2.75, 3.05) is 13.1 Å². The summed E-state index contributed by atoms with van der Waals surface area (Å²) in [6, 6.07) is 0. The van der Waals surface area contributed by atoms with E-state index in [4.69, 9.17) is 4.74 Å². The van der Waals surface area contributed by atoms with Crippen molar-refractivity contribution >= 4 is 12.1 Å². The number of likely N-dealkylation sites (tertiary alicyclic amines) is 1. The number of carbonyl (C=O) groups is 2. The lowest BCUT2D eigenvalue weighted by Gasteiger charge is -2.26. The standard InChI is InChI=1S/C17H29NO4/c1-17(2,3)22-16(21)18-10-13(14(11-18)15(19)20)9-12-7-5-4-6-8-12/h12-14H,4-11H2,1-3H3,(H,19,20). The van der Waals surface area contributed by atoms with Crippen molar-refractivity contribution in [2.24, 2.45) is 17.8 Å². The summed E-state index contributed by atoms with van der Waals surface area (Å²) in [5, 5.41) is 9.47. The lowest BCUT2D eigenvalue weighted by atomic mass is 9.80. The van der Waals surface area contributed by atoms with E-state index in [-0.39, 0.29) is 18.6 Å². The molecule has 1 aliphatic heterocycles. The van der Waals surface area contributed by atoms with Gasteiger partial charge in [0, 0.05) is 13.1 Å². The molecule has 2 atom stereocenters. The summed E-state index contributed by atoms with van der Waals surface area (Å²) in [4.78, 5) is 25.3. The monoisotopic (exact) mass is 311 g/mol. The molecule has 22 heavy (non-hydrogen) atoms. The fourth-order valence-electron chi connectivity index (χ4n) is 3.72. The third-order valence-electron chi connectivity index (χ3n) is 4.77. The number of aliphatic carboxylic acids is 1. The summed E-state index contributed by atoms with van der Waals surface area (Å²) in [6.07, 6.45) is 6.76. The Labute approximate surface area is 133 Å². The second kappa shape index (κ2) is 6.88. The Morgan fingerprint density at radius 3 is 2.32 bits per heavy atom. The van der Waals surface area contributed by atoms with Gasteiger partial charge >= 0.3 is 12.1 Å². The van der Waals surface area contributed by atoms with E-state index in [9.17, 15) is 14.7 Å². The summed E-state index contributed by atoms with van der Waals surface area (Å²) < 4.78 is 5.38. The van der Waals surface area contributed by atoms with E-state index in [2.05, 4.69) is 0 Å². The van der Waals surface area contributed by atoms with Crippen LogP contribution < -0.4 is 0 Å². The molecule has 0 bridgehead atoms. The first-order chi connectivity index (χ1) is 10.3. The molecule has 1 heterocycles. The van der Waals surface area contributed by atoms with Crippen LogP contribution in [0.3, 0.4) is 0 Å². The van der Waals surface area contributed by atoms with Crippen LogP contribution in [0, 0.1) is 17.8 Å². The summed E-state index contributed by atoms with van der Waals surface area (Å²) >= 11 is 0. The smallest absolute Gasteiger partial charge is 0.410 e. The Morgan fingerprint density at radius 1 is 1.14 bits per heavy atom. The van der Waals surface area contributed by atoms with Crippen LogP contribution in [0.4, 0.5) is 4.79 Å². The van der Waals surface area contributed by atoms with Crippen molar-refractivity contribution in [3.8, 4) is 0 Å². The first kappa shape index (κ1) is 17.1.